The first-order valence-electron chi connectivity index (χ1n) is 3.59. The Morgan fingerprint density at radius 2 is 2.00 bits per heavy atom. The van der Waals surface area contributed by atoms with Gasteiger partial charge in [0.15, 0.2) is 0 Å². The summed E-state index contributed by atoms with van der Waals surface area (Å²) in [6.45, 7) is 5.94. The Bertz CT molecular complexity index is 219. The van der Waals surface area contributed by atoms with Crippen molar-refractivity contribution in [3.05, 3.63) is 23.3 Å². The van der Waals surface area contributed by atoms with Crippen LogP contribution in [0.25, 0.3) is 0 Å². The van der Waals surface area contributed by atoms with Crippen LogP contribution in [0.15, 0.2) is 23.3 Å². The number of aliphatic hydroxyl groups excluding tert-OH is 1. The fourth-order valence-electron chi connectivity index (χ4n) is 0.482. The average molecular weight is 150 g/mol. The molecule has 0 saturated carbocycles. The van der Waals surface area contributed by atoms with Crippen LogP contribution in [0.1, 0.15) is 20.8 Å². The summed E-state index contributed by atoms with van der Waals surface area (Å²) in [4.78, 5) is 0. The van der Waals surface area contributed by atoms with Gasteiger partial charge in [0.1, 0.15) is 0 Å². The number of hydrogen-bond donors (Lipinski definition) is 1. The highest BCUT2D eigenvalue weighted by atomic mass is 16.2. The molecule has 0 saturated heterocycles. The van der Waals surface area contributed by atoms with Crippen molar-refractivity contribution in [1.29, 1.82) is 0 Å². The molecular formula is C10H14O. The van der Waals surface area contributed by atoms with Gasteiger partial charge in [-0.05, 0) is 38.5 Å². The quantitative estimate of drug-likeness (QED) is 0.566. The highest BCUT2D eigenvalue weighted by Crippen LogP contribution is 1.89. The molecule has 0 spiro atoms. The number of hydrogen-bond acceptors (Lipinski definition) is 1. The molecule has 0 aliphatic rings. The molecule has 0 unspecified atom stereocenters. The summed E-state index contributed by atoms with van der Waals surface area (Å²) in [5.41, 5.74) is 2.10. The van der Waals surface area contributed by atoms with E-state index in [0.717, 1.165) is 5.57 Å². The van der Waals surface area contributed by atoms with Crippen molar-refractivity contribution in [2.45, 2.75) is 20.8 Å². The van der Waals surface area contributed by atoms with Crippen molar-refractivity contribution in [2.75, 3.05) is 6.61 Å². The van der Waals surface area contributed by atoms with E-state index in [2.05, 4.69) is 11.8 Å². The second-order valence-electron chi connectivity index (χ2n) is 2.56. The minimum atomic E-state index is 0.0648. The van der Waals surface area contributed by atoms with E-state index < -0.39 is 0 Å². The van der Waals surface area contributed by atoms with Crippen molar-refractivity contribution in [1.82, 2.24) is 0 Å². The zero-order valence-corrected chi connectivity index (χ0v) is 7.31. The first kappa shape index (κ1) is 10.0. The lowest BCUT2D eigenvalue weighted by atomic mass is 10.2. The van der Waals surface area contributed by atoms with E-state index in [-0.39, 0.29) is 6.61 Å². The summed E-state index contributed by atoms with van der Waals surface area (Å²) in [6, 6.07) is 0. The summed E-state index contributed by atoms with van der Waals surface area (Å²) in [6.07, 6.45) is 3.54. The molecule has 0 aliphatic carbocycles. The molecular weight excluding hydrogens is 136 g/mol. The molecule has 0 aliphatic heterocycles. The summed E-state index contributed by atoms with van der Waals surface area (Å²) in [7, 11) is 0. The SMILES string of the molecule is CC(C)=CC#C/C(C)=C\CO. The summed E-state index contributed by atoms with van der Waals surface area (Å²) in [5, 5.41) is 8.49. The fourth-order valence-corrected chi connectivity index (χ4v) is 0.482. The number of rotatable bonds is 1. The van der Waals surface area contributed by atoms with Crippen molar-refractivity contribution >= 4 is 0 Å². The Morgan fingerprint density at radius 3 is 2.45 bits per heavy atom. The van der Waals surface area contributed by atoms with Crippen LogP contribution in [0, 0.1) is 11.8 Å². The van der Waals surface area contributed by atoms with Crippen LogP contribution < -0.4 is 0 Å². The first-order chi connectivity index (χ1) is 5.16. The summed E-state index contributed by atoms with van der Waals surface area (Å²) < 4.78 is 0. The van der Waals surface area contributed by atoms with Crippen molar-refractivity contribution in [3.63, 3.8) is 0 Å². The third kappa shape index (κ3) is 6.89. The van der Waals surface area contributed by atoms with Gasteiger partial charge in [-0.2, -0.15) is 0 Å². The molecule has 11 heavy (non-hydrogen) atoms. The lowest BCUT2D eigenvalue weighted by Crippen LogP contribution is -1.75. The Kier molecular flexibility index (Phi) is 5.24. The normalized spacial score (nSPS) is 10.0. The smallest absolute Gasteiger partial charge is 0.0624 e. The Hall–Kier alpha value is -1.00. The van der Waals surface area contributed by atoms with Gasteiger partial charge in [0, 0.05) is 0 Å². The zero-order valence-electron chi connectivity index (χ0n) is 7.31. The molecule has 60 valence electrons. The molecule has 1 heteroatoms. The zero-order chi connectivity index (χ0) is 8.69. The van der Waals surface area contributed by atoms with Crippen LogP contribution in [-0.4, -0.2) is 11.7 Å². The second-order valence-corrected chi connectivity index (χ2v) is 2.56. The molecule has 0 aromatic carbocycles. The van der Waals surface area contributed by atoms with Crippen LogP contribution in [0.4, 0.5) is 0 Å². The molecule has 0 radical (unpaired) electrons. The molecule has 0 aromatic rings. The van der Waals surface area contributed by atoms with Gasteiger partial charge in [-0.15, -0.1) is 0 Å². The largest absolute Gasteiger partial charge is 0.392 e. The predicted octanol–water partition coefficient (Wildman–Crippen LogP) is 1.89. The van der Waals surface area contributed by atoms with Crippen molar-refractivity contribution < 1.29 is 5.11 Å². The second kappa shape index (κ2) is 5.76. The number of aliphatic hydroxyl groups is 1. The summed E-state index contributed by atoms with van der Waals surface area (Å²) in [5.74, 6) is 5.77. The van der Waals surface area contributed by atoms with Crippen molar-refractivity contribution in [3.8, 4) is 11.8 Å². The molecule has 0 fully saturated rings. The lowest BCUT2D eigenvalue weighted by Gasteiger charge is -1.83. The van der Waals surface area contributed by atoms with E-state index in [1.54, 1.807) is 6.08 Å². The van der Waals surface area contributed by atoms with E-state index in [9.17, 15) is 0 Å². The van der Waals surface area contributed by atoms with E-state index in [0.29, 0.717) is 0 Å². The maximum Gasteiger partial charge on any atom is 0.0624 e. The Morgan fingerprint density at radius 1 is 1.36 bits per heavy atom. The van der Waals surface area contributed by atoms with E-state index in [1.165, 1.54) is 5.57 Å². The molecule has 0 heterocycles. The first-order valence-corrected chi connectivity index (χ1v) is 3.59. The fraction of sp³-hybridized carbons (Fsp3) is 0.400. The minimum absolute atomic E-state index is 0.0648. The third-order valence-electron chi connectivity index (χ3n) is 1.03. The molecule has 0 bridgehead atoms. The highest BCUT2D eigenvalue weighted by Gasteiger charge is 1.76. The van der Waals surface area contributed by atoms with Gasteiger partial charge >= 0.3 is 0 Å². The lowest BCUT2D eigenvalue weighted by molar-refractivity contribution is 0.342. The molecule has 1 nitrogen and oxygen atoms in total. The van der Waals surface area contributed by atoms with Gasteiger partial charge in [-0.1, -0.05) is 17.4 Å². The average Bonchev–Trinajstić information content (AvgIpc) is 1.87. The summed E-state index contributed by atoms with van der Waals surface area (Å²) >= 11 is 0. The van der Waals surface area contributed by atoms with Gasteiger partial charge in [0.05, 0.1) is 6.61 Å². The maximum absolute atomic E-state index is 8.49. The highest BCUT2D eigenvalue weighted by molar-refractivity contribution is 5.32. The van der Waals surface area contributed by atoms with Crippen LogP contribution >= 0.6 is 0 Å². The van der Waals surface area contributed by atoms with Crippen LogP contribution in [0.2, 0.25) is 0 Å². The van der Waals surface area contributed by atoms with Crippen molar-refractivity contribution in [2.24, 2.45) is 0 Å². The van der Waals surface area contributed by atoms with Crippen LogP contribution in [0.3, 0.4) is 0 Å². The predicted molar refractivity (Wildman–Crippen MR) is 48.0 cm³/mol. The maximum atomic E-state index is 8.49. The molecule has 0 atom stereocenters. The molecule has 1 N–H and O–H groups in total. The topological polar surface area (TPSA) is 20.2 Å². The standard InChI is InChI=1S/C10H14O/c1-9(2)5-4-6-10(3)7-8-11/h5,7,11H,8H2,1-3H3/b10-7-. The molecule has 0 rings (SSSR count). The van der Waals surface area contributed by atoms with Gasteiger partial charge in [0.2, 0.25) is 0 Å². The van der Waals surface area contributed by atoms with Gasteiger partial charge in [-0.3, -0.25) is 0 Å². The van der Waals surface area contributed by atoms with Crippen LogP contribution in [-0.2, 0) is 0 Å². The molecule has 0 aromatic heterocycles. The van der Waals surface area contributed by atoms with Gasteiger partial charge < -0.3 is 5.11 Å². The monoisotopic (exact) mass is 150 g/mol. The molecule has 0 amide bonds. The number of allylic oxidation sites excluding steroid dienone is 3. The minimum Gasteiger partial charge on any atom is -0.392 e. The van der Waals surface area contributed by atoms with E-state index in [1.807, 2.05) is 26.8 Å². The van der Waals surface area contributed by atoms with Gasteiger partial charge in [0.25, 0.3) is 0 Å². The van der Waals surface area contributed by atoms with E-state index in [4.69, 9.17) is 5.11 Å². The van der Waals surface area contributed by atoms with E-state index >= 15 is 0 Å². The van der Waals surface area contributed by atoms with Gasteiger partial charge in [-0.25, -0.2) is 0 Å². The third-order valence-corrected chi connectivity index (χ3v) is 1.03. The Balaban J connectivity index is 4.08. The Labute approximate surface area is 68.4 Å². The van der Waals surface area contributed by atoms with Crippen LogP contribution in [0.5, 0.6) is 0 Å².